The Morgan fingerprint density at radius 1 is 1.19 bits per heavy atom. The lowest BCUT2D eigenvalue weighted by atomic mass is 10.1. The second kappa shape index (κ2) is 6.66. The van der Waals surface area contributed by atoms with E-state index in [-0.39, 0.29) is 0 Å². The van der Waals surface area contributed by atoms with E-state index in [0.717, 1.165) is 19.0 Å². The maximum absolute atomic E-state index is 5.73. The summed E-state index contributed by atoms with van der Waals surface area (Å²) in [6, 6.07) is 8.43. The zero-order chi connectivity index (χ0) is 12.0. The monoisotopic (exact) mass is 220 g/mol. The van der Waals surface area contributed by atoms with Crippen LogP contribution in [0, 0.1) is 5.92 Å². The van der Waals surface area contributed by atoms with Gasteiger partial charge in [-0.05, 0) is 37.1 Å². The Kier molecular flexibility index (Phi) is 5.50. The SMILES string of the molecule is CC(C)CCN(C)Cc1ccccc1CN. The fraction of sp³-hybridized carbons (Fsp3) is 0.571. The molecule has 2 heteroatoms. The van der Waals surface area contributed by atoms with E-state index < -0.39 is 0 Å². The van der Waals surface area contributed by atoms with Crippen molar-refractivity contribution in [2.75, 3.05) is 13.6 Å². The van der Waals surface area contributed by atoms with E-state index in [0.29, 0.717) is 6.54 Å². The first-order valence-electron chi connectivity index (χ1n) is 6.09. The van der Waals surface area contributed by atoms with Crippen molar-refractivity contribution >= 4 is 0 Å². The van der Waals surface area contributed by atoms with E-state index >= 15 is 0 Å². The topological polar surface area (TPSA) is 29.3 Å². The standard InChI is InChI=1S/C14H24N2/c1-12(2)8-9-16(3)11-14-7-5-4-6-13(14)10-15/h4-7,12H,8-11,15H2,1-3H3. The third-order valence-corrected chi connectivity index (χ3v) is 2.87. The summed E-state index contributed by atoms with van der Waals surface area (Å²) in [6.07, 6.45) is 1.25. The quantitative estimate of drug-likeness (QED) is 0.798. The lowest BCUT2D eigenvalue weighted by Gasteiger charge is -2.19. The van der Waals surface area contributed by atoms with Crippen molar-refractivity contribution in [2.45, 2.75) is 33.4 Å². The van der Waals surface area contributed by atoms with Gasteiger partial charge in [0.15, 0.2) is 0 Å². The zero-order valence-corrected chi connectivity index (χ0v) is 10.7. The van der Waals surface area contributed by atoms with E-state index in [1.807, 2.05) is 0 Å². The van der Waals surface area contributed by atoms with Gasteiger partial charge in [0.1, 0.15) is 0 Å². The molecule has 0 saturated heterocycles. The van der Waals surface area contributed by atoms with Crippen molar-refractivity contribution in [3.05, 3.63) is 35.4 Å². The molecule has 0 saturated carbocycles. The molecule has 0 heterocycles. The molecule has 0 fully saturated rings. The molecule has 0 bridgehead atoms. The van der Waals surface area contributed by atoms with Crippen LogP contribution in [0.3, 0.4) is 0 Å². The van der Waals surface area contributed by atoms with Gasteiger partial charge < -0.3 is 10.6 Å². The number of rotatable bonds is 6. The zero-order valence-electron chi connectivity index (χ0n) is 10.7. The average Bonchev–Trinajstić information content (AvgIpc) is 2.27. The summed E-state index contributed by atoms with van der Waals surface area (Å²) in [5.41, 5.74) is 8.35. The van der Waals surface area contributed by atoms with E-state index in [1.165, 1.54) is 17.5 Å². The molecule has 1 rings (SSSR count). The van der Waals surface area contributed by atoms with Gasteiger partial charge in [-0.2, -0.15) is 0 Å². The summed E-state index contributed by atoms with van der Waals surface area (Å²) >= 11 is 0. The van der Waals surface area contributed by atoms with Gasteiger partial charge >= 0.3 is 0 Å². The number of hydrogen-bond donors (Lipinski definition) is 1. The van der Waals surface area contributed by atoms with Crippen molar-refractivity contribution in [2.24, 2.45) is 11.7 Å². The van der Waals surface area contributed by atoms with Gasteiger partial charge in [0.25, 0.3) is 0 Å². The first-order chi connectivity index (χ1) is 7.63. The predicted molar refractivity (Wildman–Crippen MR) is 70.1 cm³/mol. The summed E-state index contributed by atoms with van der Waals surface area (Å²) in [4.78, 5) is 2.37. The molecular formula is C14H24N2. The van der Waals surface area contributed by atoms with Crippen LogP contribution in [0.15, 0.2) is 24.3 Å². The summed E-state index contributed by atoms with van der Waals surface area (Å²) in [6.45, 7) is 7.31. The molecule has 0 aliphatic rings. The molecule has 16 heavy (non-hydrogen) atoms. The molecule has 1 aromatic carbocycles. The molecule has 0 radical (unpaired) electrons. The summed E-state index contributed by atoms with van der Waals surface area (Å²) in [5, 5.41) is 0. The second-order valence-electron chi connectivity index (χ2n) is 4.89. The molecule has 2 N–H and O–H groups in total. The number of nitrogens with zero attached hydrogens (tertiary/aromatic N) is 1. The molecule has 0 aliphatic carbocycles. The fourth-order valence-electron chi connectivity index (χ4n) is 1.76. The summed E-state index contributed by atoms with van der Waals surface area (Å²) in [5.74, 6) is 0.771. The van der Waals surface area contributed by atoms with Gasteiger partial charge in [-0.15, -0.1) is 0 Å². The van der Waals surface area contributed by atoms with Gasteiger partial charge in [-0.25, -0.2) is 0 Å². The minimum atomic E-state index is 0.633. The molecule has 0 spiro atoms. The van der Waals surface area contributed by atoms with Crippen molar-refractivity contribution < 1.29 is 0 Å². The van der Waals surface area contributed by atoms with Gasteiger partial charge in [0.2, 0.25) is 0 Å². The minimum absolute atomic E-state index is 0.633. The number of hydrogen-bond acceptors (Lipinski definition) is 2. The Labute approximate surface area is 99.5 Å². The van der Waals surface area contributed by atoms with Crippen LogP contribution in [0.4, 0.5) is 0 Å². The third kappa shape index (κ3) is 4.33. The van der Waals surface area contributed by atoms with Gasteiger partial charge in [-0.1, -0.05) is 38.1 Å². The molecule has 90 valence electrons. The van der Waals surface area contributed by atoms with Crippen LogP contribution in [0.2, 0.25) is 0 Å². The van der Waals surface area contributed by atoms with Crippen LogP contribution in [0.25, 0.3) is 0 Å². The maximum atomic E-state index is 5.73. The van der Waals surface area contributed by atoms with Gasteiger partial charge in [0.05, 0.1) is 0 Å². The molecule has 0 unspecified atom stereocenters. The van der Waals surface area contributed by atoms with E-state index in [4.69, 9.17) is 5.73 Å². The molecule has 0 aromatic heterocycles. The van der Waals surface area contributed by atoms with Crippen LogP contribution in [-0.4, -0.2) is 18.5 Å². The highest BCUT2D eigenvalue weighted by Gasteiger charge is 2.04. The largest absolute Gasteiger partial charge is 0.326 e. The van der Waals surface area contributed by atoms with Crippen LogP contribution in [0.1, 0.15) is 31.4 Å². The summed E-state index contributed by atoms with van der Waals surface area (Å²) < 4.78 is 0. The van der Waals surface area contributed by atoms with E-state index in [1.54, 1.807) is 0 Å². The van der Waals surface area contributed by atoms with Crippen LogP contribution < -0.4 is 5.73 Å². The molecular weight excluding hydrogens is 196 g/mol. The van der Waals surface area contributed by atoms with E-state index in [9.17, 15) is 0 Å². The fourth-order valence-corrected chi connectivity index (χ4v) is 1.76. The van der Waals surface area contributed by atoms with Gasteiger partial charge in [-0.3, -0.25) is 0 Å². The Hall–Kier alpha value is -0.860. The molecule has 0 aliphatic heterocycles. The molecule has 0 amide bonds. The van der Waals surface area contributed by atoms with Crippen molar-refractivity contribution in [1.82, 2.24) is 4.90 Å². The van der Waals surface area contributed by atoms with Crippen molar-refractivity contribution in [1.29, 1.82) is 0 Å². The van der Waals surface area contributed by atoms with Gasteiger partial charge in [0, 0.05) is 13.1 Å². The maximum Gasteiger partial charge on any atom is 0.0233 e. The Morgan fingerprint density at radius 2 is 1.81 bits per heavy atom. The first-order valence-corrected chi connectivity index (χ1v) is 6.09. The Morgan fingerprint density at radius 3 is 2.38 bits per heavy atom. The lowest BCUT2D eigenvalue weighted by molar-refractivity contribution is 0.302. The van der Waals surface area contributed by atoms with Crippen molar-refractivity contribution in [3.8, 4) is 0 Å². The third-order valence-electron chi connectivity index (χ3n) is 2.87. The minimum Gasteiger partial charge on any atom is -0.326 e. The highest BCUT2D eigenvalue weighted by molar-refractivity contribution is 5.26. The Bertz CT molecular complexity index is 307. The van der Waals surface area contributed by atoms with E-state index in [2.05, 4.69) is 50.1 Å². The molecule has 1 aromatic rings. The van der Waals surface area contributed by atoms with Crippen LogP contribution in [-0.2, 0) is 13.1 Å². The van der Waals surface area contributed by atoms with Crippen LogP contribution in [0.5, 0.6) is 0 Å². The normalized spacial score (nSPS) is 11.4. The smallest absolute Gasteiger partial charge is 0.0233 e. The number of benzene rings is 1. The van der Waals surface area contributed by atoms with Crippen LogP contribution >= 0.6 is 0 Å². The highest BCUT2D eigenvalue weighted by atomic mass is 15.1. The molecule has 2 nitrogen and oxygen atoms in total. The lowest BCUT2D eigenvalue weighted by Crippen LogP contribution is -2.21. The Balaban J connectivity index is 2.51. The highest BCUT2D eigenvalue weighted by Crippen LogP contribution is 2.11. The first kappa shape index (κ1) is 13.2. The number of nitrogens with two attached hydrogens (primary N) is 1. The second-order valence-corrected chi connectivity index (χ2v) is 4.89. The molecule has 0 atom stereocenters. The predicted octanol–water partition coefficient (Wildman–Crippen LogP) is 2.62. The summed E-state index contributed by atoms with van der Waals surface area (Å²) in [7, 11) is 2.18. The van der Waals surface area contributed by atoms with Crippen molar-refractivity contribution in [3.63, 3.8) is 0 Å². The average molecular weight is 220 g/mol.